The van der Waals surface area contributed by atoms with Crippen LogP contribution in [0.15, 0.2) is 53.9 Å². The highest BCUT2D eigenvalue weighted by molar-refractivity contribution is 7.23. The Morgan fingerprint density at radius 2 is 1.72 bits per heavy atom. The van der Waals surface area contributed by atoms with Gasteiger partial charge in [0.2, 0.25) is 0 Å². The van der Waals surface area contributed by atoms with E-state index in [0.29, 0.717) is 5.82 Å². The molecule has 29 heavy (non-hydrogen) atoms. The Balaban J connectivity index is 1.54. The number of nitrogens with zero attached hydrogens (tertiary/aromatic N) is 3. The number of nitrogens with two attached hydrogens (primary N) is 1. The van der Waals surface area contributed by atoms with Crippen molar-refractivity contribution in [1.82, 2.24) is 9.97 Å². The van der Waals surface area contributed by atoms with Crippen molar-refractivity contribution in [1.29, 1.82) is 0 Å². The average molecular weight is 424 g/mol. The predicted molar refractivity (Wildman–Crippen MR) is 124 cm³/mol. The number of ether oxygens (including phenoxy) is 1. The number of anilines is 4. The summed E-state index contributed by atoms with van der Waals surface area (Å²) in [5.41, 5.74) is 10.2. The topological polar surface area (TPSA) is 76.3 Å². The highest BCUT2D eigenvalue weighted by Crippen LogP contribution is 2.39. The molecule has 0 saturated carbocycles. The summed E-state index contributed by atoms with van der Waals surface area (Å²) < 4.78 is 5.21. The molecule has 8 heteroatoms. The molecule has 4 rings (SSSR count). The van der Waals surface area contributed by atoms with E-state index in [1.165, 1.54) is 11.3 Å². The first-order valence-corrected chi connectivity index (χ1v) is 10.6. The lowest BCUT2D eigenvalue weighted by molar-refractivity contribution is 0.415. The van der Waals surface area contributed by atoms with Crippen molar-refractivity contribution in [2.45, 2.75) is 0 Å². The van der Waals surface area contributed by atoms with Gasteiger partial charge in [-0.15, -0.1) is 11.3 Å². The van der Waals surface area contributed by atoms with E-state index in [9.17, 15) is 0 Å². The van der Waals surface area contributed by atoms with Crippen molar-refractivity contribution in [3.8, 4) is 26.9 Å². The van der Waals surface area contributed by atoms with Crippen LogP contribution in [0.4, 0.5) is 22.3 Å². The summed E-state index contributed by atoms with van der Waals surface area (Å²) in [5, 5.41) is 6.96. The maximum absolute atomic E-state index is 6.18. The van der Waals surface area contributed by atoms with Gasteiger partial charge < -0.3 is 20.7 Å². The molecule has 3 N–H and O–H groups in total. The fraction of sp³-hybridized carbons (Fsp3) is 0.143. The summed E-state index contributed by atoms with van der Waals surface area (Å²) in [6, 6.07) is 16.0. The molecule has 148 valence electrons. The second-order valence-electron chi connectivity index (χ2n) is 6.57. The summed E-state index contributed by atoms with van der Waals surface area (Å²) in [6.45, 7) is 0. The second kappa shape index (κ2) is 8.10. The summed E-state index contributed by atoms with van der Waals surface area (Å²) in [7, 11) is 5.69. The highest BCUT2D eigenvalue weighted by Gasteiger charge is 2.15. The SMILES string of the molecule is COc1ccc(-c2csc(-c3sc(Nc4ccc(N(C)C)cc4)nc3N)n2)cc1. The van der Waals surface area contributed by atoms with Crippen LogP contribution in [0.5, 0.6) is 5.75 Å². The highest BCUT2D eigenvalue weighted by atomic mass is 32.1. The van der Waals surface area contributed by atoms with E-state index in [4.69, 9.17) is 15.5 Å². The Bertz CT molecular complexity index is 1100. The number of rotatable bonds is 6. The normalized spacial score (nSPS) is 10.7. The van der Waals surface area contributed by atoms with Gasteiger partial charge in [-0.3, -0.25) is 0 Å². The van der Waals surface area contributed by atoms with Crippen molar-refractivity contribution in [2.24, 2.45) is 0 Å². The third kappa shape index (κ3) is 4.18. The minimum absolute atomic E-state index is 0.484. The number of benzene rings is 2. The first-order chi connectivity index (χ1) is 14.0. The number of methoxy groups -OCH3 is 1. The largest absolute Gasteiger partial charge is 0.497 e. The molecule has 2 aromatic heterocycles. The molecule has 6 nitrogen and oxygen atoms in total. The van der Waals surface area contributed by atoms with Gasteiger partial charge in [0.05, 0.1) is 12.8 Å². The van der Waals surface area contributed by atoms with Gasteiger partial charge in [0.15, 0.2) is 5.13 Å². The fourth-order valence-corrected chi connectivity index (χ4v) is 4.61. The minimum atomic E-state index is 0.484. The molecule has 2 aromatic carbocycles. The monoisotopic (exact) mass is 423 g/mol. The average Bonchev–Trinajstić information content (AvgIpc) is 3.35. The lowest BCUT2D eigenvalue weighted by Crippen LogP contribution is -2.08. The minimum Gasteiger partial charge on any atom is -0.497 e. The maximum Gasteiger partial charge on any atom is 0.189 e. The second-order valence-corrected chi connectivity index (χ2v) is 8.42. The third-order valence-electron chi connectivity index (χ3n) is 4.37. The molecule has 0 fully saturated rings. The Morgan fingerprint density at radius 3 is 2.38 bits per heavy atom. The van der Waals surface area contributed by atoms with Gasteiger partial charge >= 0.3 is 0 Å². The molecule has 0 aliphatic heterocycles. The molecule has 0 aliphatic rings. The van der Waals surface area contributed by atoms with E-state index in [1.54, 1.807) is 18.4 Å². The van der Waals surface area contributed by atoms with Crippen molar-refractivity contribution in [3.63, 3.8) is 0 Å². The van der Waals surface area contributed by atoms with Crippen LogP contribution < -0.4 is 20.7 Å². The van der Waals surface area contributed by atoms with E-state index in [1.807, 2.05) is 55.9 Å². The molecule has 0 radical (unpaired) electrons. The third-order valence-corrected chi connectivity index (χ3v) is 6.35. The molecule has 2 heterocycles. The molecule has 0 unspecified atom stereocenters. The van der Waals surface area contributed by atoms with Gasteiger partial charge in [-0.1, -0.05) is 11.3 Å². The van der Waals surface area contributed by atoms with Gasteiger partial charge in [-0.25, -0.2) is 9.97 Å². The van der Waals surface area contributed by atoms with Crippen LogP contribution in [-0.4, -0.2) is 31.2 Å². The first-order valence-electron chi connectivity index (χ1n) is 8.94. The molecule has 0 aliphatic carbocycles. The molecule has 0 atom stereocenters. The van der Waals surface area contributed by atoms with Crippen LogP contribution in [0.2, 0.25) is 0 Å². The number of nitrogen functional groups attached to an aromatic ring is 1. The van der Waals surface area contributed by atoms with Crippen molar-refractivity contribution in [3.05, 3.63) is 53.9 Å². The summed E-state index contributed by atoms with van der Waals surface area (Å²) in [4.78, 5) is 12.2. The van der Waals surface area contributed by atoms with E-state index in [0.717, 1.165) is 43.4 Å². The van der Waals surface area contributed by atoms with Crippen LogP contribution >= 0.6 is 22.7 Å². The van der Waals surface area contributed by atoms with Crippen molar-refractivity contribution >= 4 is 45.0 Å². The van der Waals surface area contributed by atoms with Crippen molar-refractivity contribution < 1.29 is 4.74 Å². The number of hydrogen-bond donors (Lipinski definition) is 2. The van der Waals surface area contributed by atoms with Gasteiger partial charge in [0, 0.05) is 36.4 Å². The van der Waals surface area contributed by atoms with Crippen LogP contribution in [0.25, 0.3) is 21.1 Å². The summed E-state index contributed by atoms with van der Waals surface area (Å²) >= 11 is 3.06. The Kier molecular flexibility index (Phi) is 5.37. The number of nitrogens with one attached hydrogen (secondary N) is 1. The molecule has 0 spiro atoms. The number of aromatic nitrogens is 2. The van der Waals surface area contributed by atoms with Crippen molar-refractivity contribution in [2.75, 3.05) is 37.2 Å². The van der Waals surface area contributed by atoms with Gasteiger partial charge in [0.25, 0.3) is 0 Å². The maximum atomic E-state index is 6.18. The van der Waals surface area contributed by atoms with Crippen LogP contribution in [0, 0.1) is 0 Å². The zero-order chi connectivity index (χ0) is 20.4. The lowest BCUT2D eigenvalue weighted by Gasteiger charge is -2.12. The molecule has 0 saturated heterocycles. The van der Waals surface area contributed by atoms with Crippen LogP contribution in [-0.2, 0) is 0 Å². The molecular weight excluding hydrogens is 402 g/mol. The predicted octanol–water partition coefficient (Wildman–Crippen LogP) is 5.33. The van der Waals surface area contributed by atoms with E-state index >= 15 is 0 Å². The molecule has 0 bridgehead atoms. The number of thiazole rings is 2. The zero-order valence-corrected chi connectivity index (χ0v) is 18.0. The van der Waals surface area contributed by atoms with Gasteiger partial charge in [-0.05, 0) is 48.5 Å². The zero-order valence-electron chi connectivity index (χ0n) is 16.3. The van der Waals surface area contributed by atoms with Crippen LogP contribution in [0.1, 0.15) is 0 Å². The number of hydrogen-bond acceptors (Lipinski definition) is 8. The quantitative estimate of drug-likeness (QED) is 0.436. The molecule has 0 amide bonds. The first kappa shape index (κ1) is 19.2. The Hall–Kier alpha value is -3.10. The fourth-order valence-electron chi connectivity index (χ4n) is 2.78. The molecule has 4 aromatic rings. The van der Waals surface area contributed by atoms with Gasteiger partial charge in [0.1, 0.15) is 21.5 Å². The van der Waals surface area contributed by atoms with E-state index in [2.05, 4.69) is 27.3 Å². The lowest BCUT2D eigenvalue weighted by atomic mass is 10.2. The summed E-state index contributed by atoms with van der Waals surface area (Å²) in [5.74, 6) is 1.31. The van der Waals surface area contributed by atoms with E-state index in [-0.39, 0.29) is 0 Å². The van der Waals surface area contributed by atoms with Gasteiger partial charge in [-0.2, -0.15) is 0 Å². The standard InChI is InChI=1S/C21H21N5OS2/c1-26(2)15-8-6-14(7-9-15)23-21-25-19(22)18(29-21)20-24-17(12-28-20)13-4-10-16(27-3)11-5-13/h4-12H,22H2,1-3H3,(H,23,25). The molecular formula is C21H21N5OS2. The smallest absolute Gasteiger partial charge is 0.189 e. The summed E-state index contributed by atoms with van der Waals surface area (Å²) in [6.07, 6.45) is 0. The Morgan fingerprint density at radius 1 is 1.00 bits per heavy atom. The van der Waals surface area contributed by atoms with E-state index < -0.39 is 0 Å². The Labute approximate surface area is 177 Å². The van der Waals surface area contributed by atoms with Crippen LogP contribution in [0.3, 0.4) is 0 Å².